The van der Waals surface area contributed by atoms with Gasteiger partial charge in [-0.15, -0.1) is 0 Å². The largest absolute Gasteiger partial charge is 0.361 e. The minimum absolute atomic E-state index is 0.0274. The molecular weight excluding hydrogens is 402 g/mol. The smallest absolute Gasteiger partial charge is 0.216 e. The van der Waals surface area contributed by atoms with E-state index in [4.69, 9.17) is 4.52 Å². The molecule has 9 heteroatoms. The highest BCUT2D eigenvalue weighted by Gasteiger charge is 2.14. The number of rotatable bonds is 10. The first-order valence-electron chi connectivity index (χ1n) is 10.3. The molecule has 0 saturated carbocycles. The Labute approximate surface area is 179 Å². The van der Waals surface area contributed by atoms with Crippen molar-refractivity contribution in [3.05, 3.63) is 52.4 Å². The zero-order chi connectivity index (χ0) is 22.1. The van der Waals surface area contributed by atoms with Crippen LogP contribution >= 0.6 is 0 Å². The van der Waals surface area contributed by atoms with E-state index in [1.807, 2.05) is 45.0 Å². The second-order valence-corrected chi connectivity index (χ2v) is 9.12. The number of hydrogen-bond acceptors (Lipinski definition) is 5. The van der Waals surface area contributed by atoms with Gasteiger partial charge in [0, 0.05) is 38.2 Å². The SMILES string of the molecule is CCc1noc(CC)c1CNC(=NC)NCc1ccc(CS(=O)(=O)NC(C)C)cc1. The normalized spacial score (nSPS) is 12.4. The van der Waals surface area contributed by atoms with Crippen molar-refractivity contribution in [1.82, 2.24) is 20.5 Å². The zero-order valence-electron chi connectivity index (χ0n) is 18.4. The molecule has 166 valence electrons. The zero-order valence-corrected chi connectivity index (χ0v) is 19.3. The molecule has 2 rings (SSSR count). The third-order valence-electron chi connectivity index (χ3n) is 4.52. The van der Waals surface area contributed by atoms with Crippen LogP contribution in [-0.4, -0.2) is 32.6 Å². The summed E-state index contributed by atoms with van der Waals surface area (Å²) < 4.78 is 32.1. The molecule has 1 heterocycles. The third-order valence-corrected chi connectivity index (χ3v) is 6.06. The molecular formula is C21H33N5O3S. The van der Waals surface area contributed by atoms with Crippen LogP contribution in [-0.2, 0) is 41.7 Å². The molecule has 0 aliphatic heterocycles. The molecule has 0 amide bonds. The van der Waals surface area contributed by atoms with Crippen LogP contribution in [0.4, 0.5) is 0 Å². The lowest BCUT2D eigenvalue weighted by molar-refractivity contribution is 0.380. The lowest BCUT2D eigenvalue weighted by Crippen LogP contribution is -2.36. The van der Waals surface area contributed by atoms with Gasteiger partial charge in [-0.1, -0.05) is 43.3 Å². The monoisotopic (exact) mass is 435 g/mol. The van der Waals surface area contributed by atoms with E-state index in [0.29, 0.717) is 19.0 Å². The van der Waals surface area contributed by atoms with Crippen molar-refractivity contribution in [3.8, 4) is 0 Å². The molecule has 0 aliphatic carbocycles. The minimum Gasteiger partial charge on any atom is -0.361 e. The summed E-state index contributed by atoms with van der Waals surface area (Å²) in [4.78, 5) is 4.26. The first-order valence-corrected chi connectivity index (χ1v) is 11.9. The maximum absolute atomic E-state index is 12.1. The highest BCUT2D eigenvalue weighted by Crippen LogP contribution is 2.15. The van der Waals surface area contributed by atoms with Gasteiger partial charge in [0.2, 0.25) is 10.0 Å². The standard InChI is InChI=1S/C21H33N5O3S/c1-6-19-18(20(7-2)29-25-19)13-24-21(22-5)23-12-16-8-10-17(11-9-16)14-30(27,28)26-15(3)4/h8-11,15,26H,6-7,12-14H2,1-5H3,(H2,22,23,24). The van der Waals surface area contributed by atoms with E-state index < -0.39 is 10.0 Å². The summed E-state index contributed by atoms with van der Waals surface area (Å²) in [6.07, 6.45) is 1.62. The van der Waals surface area contributed by atoms with Crippen molar-refractivity contribution in [1.29, 1.82) is 0 Å². The first-order chi connectivity index (χ1) is 14.3. The maximum atomic E-state index is 12.1. The van der Waals surface area contributed by atoms with Gasteiger partial charge in [-0.2, -0.15) is 0 Å². The van der Waals surface area contributed by atoms with E-state index in [2.05, 4.69) is 32.4 Å². The van der Waals surface area contributed by atoms with E-state index in [9.17, 15) is 8.42 Å². The summed E-state index contributed by atoms with van der Waals surface area (Å²) >= 11 is 0. The summed E-state index contributed by atoms with van der Waals surface area (Å²) in [6, 6.07) is 7.41. The van der Waals surface area contributed by atoms with Crippen LogP contribution in [0.1, 0.15) is 55.8 Å². The first kappa shape index (κ1) is 23.9. The molecule has 8 nitrogen and oxygen atoms in total. The number of aromatic nitrogens is 1. The molecule has 1 aromatic carbocycles. The molecule has 0 radical (unpaired) electrons. The number of hydrogen-bond donors (Lipinski definition) is 3. The Balaban J connectivity index is 1.90. The van der Waals surface area contributed by atoms with Crippen molar-refractivity contribution in [2.45, 2.75) is 65.4 Å². The van der Waals surface area contributed by atoms with Gasteiger partial charge in [0.1, 0.15) is 5.76 Å². The van der Waals surface area contributed by atoms with Crippen LogP contribution in [0.25, 0.3) is 0 Å². The molecule has 0 bridgehead atoms. The Hall–Kier alpha value is -2.39. The maximum Gasteiger partial charge on any atom is 0.216 e. The second kappa shape index (κ2) is 11.1. The van der Waals surface area contributed by atoms with Gasteiger partial charge in [-0.05, 0) is 31.4 Å². The number of nitrogens with one attached hydrogen (secondary N) is 3. The fourth-order valence-electron chi connectivity index (χ4n) is 3.09. The van der Waals surface area contributed by atoms with Gasteiger partial charge in [0.05, 0.1) is 11.4 Å². The predicted molar refractivity (Wildman–Crippen MR) is 120 cm³/mol. The Kier molecular flexibility index (Phi) is 8.86. The molecule has 30 heavy (non-hydrogen) atoms. The second-order valence-electron chi connectivity index (χ2n) is 7.37. The fraction of sp³-hybridized carbons (Fsp3) is 0.524. The quantitative estimate of drug-likeness (QED) is 0.391. The average Bonchev–Trinajstić information content (AvgIpc) is 3.10. The molecule has 2 aromatic rings. The van der Waals surface area contributed by atoms with Crippen molar-refractivity contribution >= 4 is 16.0 Å². The van der Waals surface area contributed by atoms with Crippen molar-refractivity contribution < 1.29 is 12.9 Å². The number of nitrogens with zero attached hydrogens (tertiary/aromatic N) is 2. The Morgan fingerprint density at radius 2 is 1.70 bits per heavy atom. The Morgan fingerprint density at radius 3 is 2.27 bits per heavy atom. The minimum atomic E-state index is -3.32. The number of aryl methyl sites for hydroxylation is 2. The van der Waals surface area contributed by atoms with Crippen LogP contribution in [0.15, 0.2) is 33.8 Å². The Morgan fingerprint density at radius 1 is 1.07 bits per heavy atom. The van der Waals surface area contributed by atoms with Crippen LogP contribution in [0.3, 0.4) is 0 Å². The number of benzene rings is 1. The van der Waals surface area contributed by atoms with Gasteiger partial charge in [-0.3, -0.25) is 4.99 Å². The van der Waals surface area contributed by atoms with E-state index in [-0.39, 0.29) is 11.8 Å². The number of aliphatic imine (C=N–C) groups is 1. The summed E-state index contributed by atoms with van der Waals surface area (Å²) in [6.45, 7) is 8.88. The molecule has 0 unspecified atom stereocenters. The van der Waals surface area contributed by atoms with Gasteiger partial charge < -0.3 is 15.2 Å². The summed E-state index contributed by atoms with van der Waals surface area (Å²) in [5.41, 5.74) is 3.83. The molecule has 1 aromatic heterocycles. The molecule has 0 fully saturated rings. The lowest BCUT2D eigenvalue weighted by Gasteiger charge is -2.13. The average molecular weight is 436 g/mol. The summed E-state index contributed by atoms with van der Waals surface area (Å²) in [5.74, 6) is 1.54. The van der Waals surface area contributed by atoms with E-state index >= 15 is 0 Å². The van der Waals surface area contributed by atoms with Crippen molar-refractivity contribution in [3.63, 3.8) is 0 Å². The van der Waals surface area contributed by atoms with Gasteiger partial charge >= 0.3 is 0 Å². The third kappa shape index (κ3) is 7.14. The summed E-state index contributed by atoms with van der Waals surface area (Å²) in [5, 5.41) is 10.7. The van der Waals surface area contributed by atoms with E-state index in [1.165, 1.54) is 0 Å². The summed E-state index contributed by atoms with van der Waals surface area (Å²) in [7, 11) is -1.60. The van der Waals surface area contributed by atoms with E-state index in [1.54, 1.807) is 7.05 Å². The molecule has 0 saturated heterocycles. The van der Waals surface area contributed by atoms with Crippen LogP contribution in [0, 0.1) is 0 Å². The topological polar surface area (TPSA) is 109 Å². The highest BCUT2D eigenvalue weighted by molar-refractivity contribution is 7.88. The van der Waals surface area contributed by atoms with Crippen LogP contribution in [0.2, 0.25) is 0 Å². The van der Waals surface area contributed by atoms with Crippen molar-refractivity contribution in [2.75, 3.05) is 7.05 Å². The molecule has 3 N–H and O–H groups in total. The van der Waals surface area contributed by atoms with Gasteiger partial charge in [0.25, 0.3) is 0 Å². The predicted octanol–water partition coefficient (Wildman–Crippen LogP) is 2.49. The van der Waals surface area contributed by atoms with E-state index in [0.717, 1.165) is 41.0 Å². The van der Waals surface area contributed by atoms with Crippen molar-refractivity contribution in [2.24, 2.45) is 4.99 Å². The number of guanidine groups is 1. The fourth-order valence-corrected chi connectivity index (χ4v) is 4.52. The van der Waals surface area contributed by atoms with Gasteiger partial charge in [0.15, 0.2) is 5.96 Å². The molecule has 0 spiro atoms. The van der Waals surface area contributed by atoms with Crippen LogP contribution < -0.4 is 15.4 Å². The Bertz CT molecular complexity index is 913. The lowest BCUT2D eigenvalue weighted by atomic mass is 10.1. The van der Waals surface area contributed by atoms with Crippen LogP contribution in [0.5, 0.6) is 0 Å². The highest BCUT2D eigenvalue weighted by atomic mass is 32.2. The van der Waals surface area contributed by atoms with Gasteiger partial charge in [-0.25, -0.2) is 13.1 Å². The molecule has 0 atom stereocenters. The number of sulfonamides is 1. The molecule has 0 aliphatic rings.